The number of esters is 2. The minimum absolute atomic E-state index is 0.0477. The van der Waals surface area contributed by atoms with Crippen LogP contribution in [0.5, 0.6) is 0 Å². The fourth-order valence-electron chi connectivity index (χ4n) is 5.92. The Hall–Kier alpha value is -2.31. The summed E-state index contributed by atoms with van der Waals surface area (Å²) < 4.78 is 10.7. The van der Waals surface area contributed by atoms with Gasteiger partial charge in [0.05, 0.1) is 7.11 Å². The highest BCUT2D eigenvalue weighted by atomic mass is 16.6. The first kappa shape index (κ1) is 24.3. The third-order valence-electron chi connectivity index (χ3n) is 7.30. The van der Waals surface area contributed by atoms with Crippen molar-refractivity contribution in [2.45, 2.75) is 78.2 Å². The fourth-order valence-corrected chi connectivity index (χ4v) is 5.92. The molecule has 0 N–H and O–H groups in total. The number of Topliss-reactive ketones (excluding diaryl/α,β-unsaturated/α-hetero) is 2. The summed E-state index contributed by atoms with van der Waals surface area (Å²) in [6.07, 6.45) is 5.85. The Balaban J connectivity index is 1.99. The van der Waals surface area contributed by atoms with Crippen molar-refractivity contribution in [3.05, 3.63) is 12.2 Å². The number of carbonyl (C=O) groups excluding carboxylic acids is 5. The van der Waals surface area contributed by atoms with E-state index in [0.717, 1.165) is 0 Å². The third-order valence-corrected chi connectivity index (χ3v) is 7.30. The number of hydrogen-bond donors (Lipinski definition) is 0. The minimum Gasteiger partial charge on any atom is -0.468 e. The minimum atomic E-state index is -1.54. The van der Waals surface area contributed by atoms with Gasteiger partial charge in [0, 0.05) is 25.2 Å². The van der Waals surface area contributed by atoms with Gasteiger partial charge in [0.15, 0.2) is 11.6 Å². The summed E-state index contributed by atoms with van der Waals surface area (Å²) in [4.78, 5) is 64.7. The average molecular weight is 447 g/mol. The molecule has 0 amide bonds. The van der Waals surface area contributed by atoms with E-state index in [1.54, 1.807) is 26.8 Å². The molecule has 0 aromatic heterocycles. The van der Waals surface area contributed by atoms with E-state index in [1.807, 2.05) is 13.0 Å². The maximum absolute atomic E-state index is 13.4. The Bertz CT molecular complexity index is 854. The number of fused-ring (bicyclic) bond motifs is 1. The molecule has 32 heavy (non-hydrogen) atoms. The van der Waals surface area contributed by atoms with Crippen LogP contribution in [0.2, 0.25) is 0 Å². The number of allylic oxidation sites excluding steroid dienone is 2. The molecule has 0 aromatic rings. The molecule has 2 unspecified atom stereocenters. The maximum atomic E-state index is 13.4. The van der Waals surface area contributed by atoms with Crippen molar-refractivity contribution in [1.29, 1.82) is 0 Å². The molecule has 7 nitrogen and oxygen atoms in total. The molecular formula is C25H34O7. The highest BCUT2D eigenvalue weighted by molar-refractivity contribution is 6.10. The summed E-state index contributed by atoms with van der Waals surface area (Å²) in [6.45, 7) is 7.13. The van der Waals surface area contributed by atoms with Gasteiger partial charge in [-0.3, -0.25) is 24.0 Å². The highest BCUT2D eigenvalue weighted by Gasteiger charge is 2.66. The summed E-state index contributed by atoms with van der Waals surface area (Å²) in [5.41, 5.74) is -2.70. The predicted octanol–water partition coefficient (Wildman–Crippen LogP) is 3.38. The number of hydrogen-bond acceptors (Lipinski definition) is 7. The van der Waals surface area contributed by atoms with Crippen molar-refractivity contribution in [3.63, 3.8) is 0 Å². The molecule has 2 fully saturated rings. The Morgan fingerprint density at radius 2 is 1.88 bits per heavy atom. The third kappa shape index (κ3) is 4.30. The molecule has 5 atom stereocenters. The van der Waals surface area contributed by atoms with Gasteiger partial charge in [-0.05, 0) is 63.9 Å². The number of carbonyl (C=O) groups is 5. The lowest BCUT2D eigenvalue weighted by Gasteiger charge is -2.51. The molecule has 176 valence electrons. The lowest BCUT2D eigenvalue weighted by Crippen LogP contribution is -2.62. The average Bonchev–Trinajstić information content (AvgIpc) is 3.03. The summed E-state index contributed by atoms with van der Waals surface area (Å²) in [5.74, 6) is -4.33. The lowest BCUT2D eigenvalue weighted by atomic mass is 9.49. The second-order valence-corrected chi connectivity index (χ2v) is 10.8. The van der Waals surface area contributed by atoms with Gasteiger partial charge in [0.2, 0.25) is 0 Å². The molecule has 0 spiro atoms. The van der Waals surface area contributed by atoms with Crippen LogP contribution < -0.4 is 0 Å². The first-order valence-corrected chi connectivity index (χ1v) is 11.4. The van der Waals surface area contributed by atoms with Crippen molar-refractivity contribution in [2.24, 2.45) is 28.6 Å². The normalized spacial score (nSPS) is 34.9. The Morgan fingerprint density at radius 3 is 2.44 bits per heavy atom. The van der Waals surface area contributed by atoms with Crippen molar-refractivity contribution in [1.82, 2.24) is 0 Å². The number of methoxy groups -OCH3 is 1. The van der Waals surface area contributed by atoms with Crippen molar-refractivity contribution >= 4 is 29.3 Å². The number of ether oxygens (including phenoxy) is 2. The van der Waals surface area contributed by atoms with Gasteiger partial charge in [-0.2, -0.15) is 0 Å². The number of ketones is 3. The predicted molar refractivity (Wildman–Crippen MR) is 115 cm³/mol. The topological polar surface area (TPSA) is 104 Å². The maximum Gasteiger partial charge on any atom is 0.319 e. The molecule has 0 aliphatic heterocycles. The molecule has 0 radical (unpaired) electrons. The Morgan fingerprint density at radius 1 is 1.19 bits per heavy atom. The van der Waals surface area contributed by atoms with Gasteiger partial charge in [0.1, 0.15) is 22.7 Å². The molecule has 0 saturated heterocycles. The van der Waals surface area contributed by atoms with Crippen LogP contribution in [0.4, 0.5) is 0 Å². The van der Waals surface area contributed by atoms with Crippen LogP contribution in [0, 0.1) is 28.6 Å². The van der Waals surface area contributed by atoms with Crippen LogP contribution in [0.1, 0.15) is 72.6 Å². The van der Waals surface area contributed by atoms with Crippen LogP contribution >= 0.6 is 0 Å². The molecule has 0 heterocycles. The summed E-state index contributed by atoms with van der Waals surface area (Å²) in [5, 5.41) is 0. The van der Waals surface area contributed by atoms with Crippen molar-refractivity contribution in [3.8, 4) is 0 Å². The summed E-state index contributed by atoms with van der Waals surface area (Å²) in [7, 11) is 1.24. The molecule has 0 bridgehead atoms. The van der Waals surface area contributed by atoms with E-state index in [2.05, 4.69) is 0 Å². The lowest BCUT2D eigenvalue weighted by molar-refractivity contribution is -0.186. The Labute approximate surface area is 189 Å². The van der Waals surface area contributed by atoms with E-state index in [4.69, 9.17) is 9.47 Å². The second-order valence-electron chi connectivity index (χ2n) is 10.8. The Kier molecular flexibility index (Phi) is 6.51. The summed E-state index contributed by atoms with van der Waals surface area (Å²) >= 11 is 0. The second kappa shape index (κ2) is 8.56. The smallest absolute Gasteiger partial charge is 0.319 e. The highest BCUT2D eigenvalue weighted by Crippen LogP contribution is 2.56. The van der Waals surface area contributed by atoms with Gasteiger partial charge >= 0.3 is 11.9 Å². The van der Waals surface area contributed by atoms with Crippen molar-refractivity contribution in [2.75, 3.05) is 7.11 Å². The molecule has 3 rings (SSSR count). The molecule has 3 aliphatic carbocycles. The van der Waals surface area contributed by atoms with E-state index in [1.165, 1.54) is 7.11 Å². The quantitative estimate of drug-likeness (QED) is 0.471. The standard InChI is InChI=1S/C25H34O7/c1-23(2,3)32-21(29)20-17-7-6-8-19(28)25(17,22(30)31-5)15(13-18(20)27)9-11-24(4)12-10-16(26)14-24/h10,12,15,17,20H,6-9,11,13-14H2,1-5H3/t15-,17-,20?,24?,25-/m0/s1. The van der Waals surface area contributed by atoms with E-state index in [0.29, 0.717) is 32.1 Å². The monoisotopic (exact) mass is 446 g/mol. The molecular weight excluding hydrogens is 412 g/mol. The van der Waals surface area contributed by atoms with Crippen LogP contribution in [0.25, 0.3) is 0 Å². The molecule has 0 aromatic carbocycles. The van der Waals surface area contributed by atoms with E-state index >= 15 is 0 Å². The SMILES string of the molecule is COC(=O)[C@]12C(=O)CCC[C@H]1C(C(=O)OC(C)(C)C)C(=O)C[C@@H]2CCC1(C)C=CC(=O)C1. The van der Waals surface area contributed by atoms with E-state index in [-0.39, 0.29) is 35.6 Å². The van der Waals surface area contributed by atoms with Gasteiger partial charge in [-0.25, -0.2) is 0 Å². The zero-order valence-electron chi connectivity index (χ0n) is 19.7. The summed E-state index contributed by atoms with van der Waals surface area (Å²) in [6, 6.07) is 0. The van der Waals surface area contributed by atoms with Crippen LogP contribution in [0.15, 0.2) is 12.2 Å². The van der Waals surface area contributed by atoms with Gasteiger partial charge in [-0.1, -0.05) is 13.0 Å². The molecule has 3 aliphatic rings. The van der Waals surface area contributed by atoms with Crippen LogP contribution in [-0.4, -0.2) is 42.0 Å². The first-order valence-electron chi connectivity index (χ1n) is 11.4. The zero-order chi connectivity index (χ0) is 23.9. The van der Waals surface area contributed by atoms with E-state index in [9.17, 15) is 24.0 Å². The number of rotatable bonds is 5. The van der Waals surface area contributed by atoms with Crippen LogP contribution in [-0.2, 0) is 33.4 Å². The van der Waals surface area contributed by atoms with Gasteiger partial charge in [-0.15, -0.1) is 0 Å². The molecule has 7 heteroatoms. The van der Waals surface area contributed by atoms with Crippen molar-refractivity contribution < 1.29 is 33.4 Å². The van der Waals surface area contributed by atoms with Gasteiger partial charge in [0.25, 0.3) is 0 Å². The molecule has 2 saturated carbocycles. The van der Waals surface area contributed by atoms with Crippen LogP contribution in [0.3, 0.4) is 0 Å². The zero-order valence-corrected chi connectivity index (χ0v) is 19.7. The fraction of sp³-hybridized carbons (Fsp3) is 0.720. The first-order chi connectivity index (χ1) is 14.8. The van der Waals surface area contributed by atoms with Gasteiger partial charge < -0.3 is 9.47 Å². The largest absolute Gasteiger partial charge is 0.468 e. The van der Waals surface area contributed by atoms with E-state index < -0.39 is 40.7 Å².